The summed E-state index contributed by atoms with van der Waals surface area (Å²) in [5.74, 6) is 0.331. The highest BCUT2D eigenvalue weighted by Gasteiger charge is 2.16. The molecular formula is C8H13NS. The van der Waals surface area contributed by atoms with Gasteiger partial charge < -0.3 is 5.41 Å². The molecule has 0 aromatic heterocycles. The van der Waals surface area contributed by atoms with E-state index in [1.54, 1.807) is 0 Å². The molecule has 1 nitrogen and oxygen atoms in total. The minimum Gasteiger partial charge on any atom is -0.309 e. The third kappa shape index (κ3) is 1.63. The zero-order valence-electron chi connectivity index (χ0n) is 6.22. The van der Waals surface area contributed by atoms with Crippen molar-refractivity contribution < 1.29 is 0 Å². The molecule has 10 heavy (non-hydrogen) atoms. The summed E-state index contributed by atoms with van der Waals surface area (Å²) in [6.07, 6.45) is 5.60. The van der Waals surface area contributed by atoms with Crippen LogP contribution in [0.4, 0.5) is 0 Å². The quantitative estimate of drug-likeness (QED) is 0.430. The van der Waals surface area contributed by atoms with Gasteiger partial charge in [-0.1, -0.05) is 6.08 Å². The molecule has 1 rings (SSSR count). The lowest BCUT2D eigenvalue weighted by atomic mass is 9.92. The number of thiol groups is 1. The summed E-state index contributed by atoms with van der Waals surface area (Å²) < 4.78 is 0. The fourth-order valence-electron chi connectivity index (χ4n) is 1.30. The average molecular weight is 155 g/mol. The monoisotopic (exact) mass is 155 g/mol. The number of hydrogen-bond acceptors (Lipinski definition) is 2. The fourth-order valence-corrected chi connectivity index (χ4v) is 1.75. The van der Waals surface area contributed by atoms with Gasteiger partial charge in [0.05, 0.1) is 0 Å². The number of rotatable bonds is 1. The Kier molecular flexibility index (Phi) is 2.55. The molecule has 0 radical (unpaired) electrons. The highest BCUT2D eigenvalue weighted by molar-refractivity contribution is 7.84. The molecule has 0 bridgehead atoms. The maximum Gasteiger partial charge on any atom is 0.0268 e. The Morgan fingerprint density at radius 3 is 2.90 bits per heavy atom. The van der Waals surface area contributed by atoms with Crippen molar-refractivity contribution in [3.63, 3.8) is 0 Å². The van der Waals surface area contributed by atoms with E-state index < -0.39 is 0 Å². The SMILES string of the molecule is CC(=N)C1CCCC=C1S. The first-order valence-electron chi connectivity index (χ1n) is 3.66. The van der Waals surface area contributed by atoms with E-state index in [0.717, 1.165) is 23.5 Å². The van der Waals surface area contributed by atoms with Crippen molar-refractivity contribution in [3.05, 3.63) is 11.0 Å². The van der Waals surface area contributed by atoms with Crippen molar-refractivity contribution in [2.75, 3.05) is 0 Å². The molecule has 0 aromatic rings. The Labute approximate surface area is 67.4 Å². The molecule has 0 aliphatic heterocycles. The summed E-state index contributed by atoms with van der Waals surface area (Å²) in [5, 5.41) is 7.43. The number of allylic oxidation sites excluding steroid dienone is 2. The van der Waals surface area contributed by atoms with E-state index in [2.05, 4.69) is 18.7 Å². The van der Waals surface area contributed by atoms with E-state index in [1.165, 1.54) is 6.42 Å². The van der Waals surface area contributed by atoms with Crippen LogP contribution in [-0.2, 0) is 0 Å². The summed E-state index contributed by atoms with van der Waals surface area (Å²) >= 11 is 4.32. The molecule has 56 valence electrons. The van der Waals surface area contributed by atoms with E-state index in [-0.39, 0.29) is 0 Å². The van der Waals surface area contributed by atoms with Gasteiger partial charge in [0.15, 0.2) is 0 Å². The van der Waals surface area contributed by atoms with Crippen LogP contribution < -0.4 is 0 Å². The van der Waals surface area contributed by atoms with Gasteiger partial charge in [0, 0.05) is 11.6 Å². The Bertz CT molecular complexity index is 172. The van der Waals surface area contributed by atoms with Gasteiger partial charge in [-0.2, -0.15) is 0 Å². The van der Waals surface area contributed by atoms with Crippen LogP contribution in [-0.4, -0.2) is 5.71 Å². The Balaban J connectivity index is 2.67. The second-order valence-electron chi connectivity index (χ2n) is 2.80. The molecule has 1 aliphatic rings. The van der Waals surface area contributed by atoms with E-state index in [1.807, 2.05) is 6.92 Å². The lowest BCUT2D eigenvalue weighted by molar-refractivity contribution is 0.644. The first kappa shape index (κ1) is 7.86. The molecule has 1 N–H and O–H groups in total. The van der Waals surface area contributed by atoms with Crippen molar-refractivity contribution in [2.24, 2.45) is 5.92 Å². The third-order valence-electron chi connectivity index (χ3n) is 1.93. The van der Waals surface area contributed by atoms with Crippen LogP contribution in [0.1, 0.15) is 26.2 Å². The van der Waals surface area contributed by atoms with Gasteiger partial charge in [-0.05, 0) is 31.1 Å². The molecule has 1 unspecified atom stereocenters. The van der Waals surface area contributed by atoms with E-state index in [9.17, 15) is 0 Å². The van der Waals surface area contributed by atoms with Crippen molar-refractivity contribution in [1.82, 2.24) is 0 Å². The maximum absolute atomic E-state index is 7.43. The van der Waals surface area contributed by atoms with E-state index in [4.69, 9.17) is 5.41 Å². The van der Waals surface area contributed by atoms with E-state index >= 15 is 0 Å². The molecule has 0 aromatic carbocycles. The standard InChI is InChI=1S/C8H13NS/c1-6(9)7-4-2-3-5-8(7)10/h5,7,9-10H,2-4H2,1H3. The van der Waals surface area contributed by atoms with Gasteiger partial charge in [0.25, 0.3) is 0 Å². The van der Waals surface area contributed by atoms with Crippen LogP contribution >= 0.6 is 12.6 Å². The van der Waals surface area contributed by atoms with Crippen molar-refractivity contribution >= 4 is 18.3 Å². The number of hydrogen-bond donors (Lipinski definition) is 2. The lowest BCUT2D eigenvalue weighted by Crippen LogP contribution is -2.12. The molecule has 0 saturated heterocycles. The van der Waals surface area contributed by atoms with Crippen LogP contribution in [0.5, 0.6) is 0 Å². The third-order valence-corrected chi connectivity index (χ3v) is 2.42. The van der Waals surface area contributed by atoms with E-state index in [0.29, 0.717) is 5.92 Å². The first-order valence-corrected chi connectivity index (χ1v) is 4.10. The Morgan fingerprint density at radius 2 is 2.50 bits per heavy atom. The second kappa shape index (κ2) is 3.24. The lowest BCUT2D eigenvalue weighted by Gasteiger charge is -2.19. The zero-order chi connectivity index (χ0) is 7.56. The highest BCUT2D eigenvalue weighted by Crippen LogP contribution is 2.27. The summed E-state index contributed by atoms with van der Waals surface area (Å²) in [6, 6.07) is 0. The largest absolute Gasteiger partial charge is 0.309 e. The van der Waals surface area contributed by atoms with Crippen LogP contribution in [0.15, 0.2) is 11.0 Å². The smallest absolute Gasteiger partial charge is 0.0268 e. The Hall–Kier alpha value is -0.240. The molecule has 1 atom stereocenters. The maximum atomic E-state index is 7.43. The predicted octanol–water partition coefficient (Wildman–Crippen LogP) is 2.64. The van der Waals surface area contributed by atoms with Gasteiger partial charge in [0.2, 0.25) is 0 Å². The molecule has 1 aliphatic carbocycles. The molecular weight excluding hydrogens is 142 g/mol. The van der Waals surface area contributed by atoms with Gasteiger partial charge in [0.1, 0.15) is 0 Å². The topological polar surface area (TPSA) is 23.9 Å². The second-order valence-corrected chi connectivity index (χ2v) is 3.31. The molecule has 0 fully saturated rings. The van der Waals surface area contributed by atoms with Crippen molar-refractivity contribution in [3.8, 4) is 0 Å². The molecule has 0 saturated carbocycles. The van der Waals surface area contributed by atoms with Crippen molar-refractivity contribution in [1.29, 1.82) is 5.41 Å². The van der Waals surface area contributed by atoms with Crippen LogP contribution in [0.2, 0.25) is 0 Å². The summed E-state index contributed by atoms with van der Waals surface area (Å²) in [5.41, 5.74) is 0.751. The van der Waals surface area contributed by atoms with Crippen LogP contribution in [0.3, 0.4) is 0 Å². The van der Waals surface area contributed by atoms with Crippen molar-refractivity contribution in [2.45, 2.75) is 26.2 Å². The molecule has 0 amide bonds. The normalized spacial score (nSPS) is 25.8. The summed E-state index contributed by atoms with van der Waals surface area (Å²) in [4.78, 5) is 1.10. The summed E-state index contributed by atoms with van der Waals surface area (Å²) in [7, 11) is 0. The highest BCUT2D eigenvalue weighted by atomic mass is 32.1. The predicted molar refractivity (Wildman–Crippen MR) is 47.8 cm³/mol. The van der Waals surface area contributed by atoms with Crippen LogP contribution in [0.25, 0.3) is 0 Å². The average Bonchev–Trinajstić information content (AvgIpc) is 1.88. The van der Waals surface area contributed by atoms with Gasteiger partial charge in [-0.3, -0.25) is 0 Å². The van der Waals surface area contributed by atoms with Crippen LogP contribution in [0, 0.1) is 11.3 Å². The minimum atomic E-state index is 0.331. The first-order chi connectivity index (χ1) is 4.72. The molecule has 0 spiro atoms. The summed E-state index contributed by atoms with van der Waals surface area (Å²) in [6.45, 7) is 1.86. The molecule has 2 heteroatoms. The fraction of sp³-hybridized carbons (Fsp3) is 0.625. The minimum absolute atomic E-state index is 0.331. The molecule has 0 heterocycles. The van der Waals surface area contributed by atoms with Gasteiger partial charge >= 0.3 is 0 Å². The zero-order valence-corrected chi connectivity index (χ0v) is 7.12. The Morgan fingerprint density at radius 1 is 1.80 bits per heavy atom. The van der Waals surface area contributed by atoms with Gasteiger partial charge in [-0.15, -0.1) is 12.6 Å². The number of nitrogens with one attached hydrogen (secondary N) is 1. The van der Waals surface area contributed by atoms with Gasteiger partial charge in [-0.25, -0.2) is 0 Å².